The van der Waals surface area contributed by atoms with Crippen LogP contribution < -0.4 is 4.74 Å². The zero-order valence-corrected chi connectivity index (χ0v) is 14.7. The van der Waals surface area contributed by atoms with Crippen molar-refractivity contribution in [2.24, 2.45) is 0 Å². The van der Waals surface area contributed by atoms with Gasteiger partial charge < -0.3 is 4.74 Å². The van der Waals surface area contributed by atoms with Gasteiger partial charge >= 0.3 is 0 Å². The minimum Gasteiger partial charge on any atom is -0.490 e. The molecule has 0 N–H and O–H groups in total. The molecule has 0 unspecified atom stereocenters. The molecule has 0 saturated carbocycles. The third-order valence-electron chi connectivity index (χ3n) is 4.11. The number of hydrogen-bond donors (Lipinski definition) is 0. The van der Waals surface area contributed by atoms with E-state index in [4.69, 9.17) is 4.74 Å². The number of nitrogens with zero attached hydrogens (tertiary/aromatic N) is 1. The molecular weight excluding hydrogens is 282 g/mol. The minimum atomic E-state index is 0.361. The molecule has 1 heterocycles. The summed E-state index contributed by atoms with van der Waals surface area (Å²) in [5, 5.41) is 0. The Morgan fingerprint density at radius 3 is 2.13 bits per heavy atom. The van der Waals surface area contributed by atoms with E-state index in [0.717, 1.165) is 38.2 Å². The molecular formula is C21H29NO. The first kappa shape index (κ1) is 17.6. The molecule has 2 nitrogen and oxygen atoms in total. The summed E-state index contributed by atoms with van der Waals surface area (Å²) in [4.78, 5) is 2.52. The summed E-state index contributed by atoms with van der Waals surface area (Å²) in [6.07, 6.45) is 2.58. The van der Waals surface area contributed by atoms with Crippen molar-refractivity contribution in [2.45, 2.75) is 46.3 Å². The first-order valence-electron chi connectivity index (χ1n) is 8.79. The third-order valence-corrected chi connectivity index (χ3v) is 4.11. The molecule has 1 aliphatic rings. The predicted octanol–water partition coefficient (Wildman–Crippen LogP) is 5.06. The number of piperidine rings is 1. The van der Waals surface area contributed by atoms with Gasteiger partial charge in [0.25, 0.3) is 0 Å². The molecule has 0 amide bonds. The summed E-state index contributed by atoms with van der Waals surface area (Å²) in [7, 11) is 0. The van der Waals surface area contributed by atoms with E-state index in [0.29, 0.717) is 6.10 Å². The fourth-order valence-corrected chi connectivity index (χ4v) is 2.84. The first-order valence-corrected chi connectivity index (χ1v) is 8.79. The SMILES string of the molecule is CC.Cc1ccc(OC2CCN(Cc3ccccc3)CC2)cc1. The largest absolute Gasteiger partial charge is 0.490 e. The molecule has 0 atom stereocenters. The van der Waals surface area contributed by atoms with E-state index in [1.165, 1.54) is 11.1 Å². The van der Waals surface area contributed by atoms with E-state index in [2.05, 4.69) is 66.4 Å². The number of rotatable bonds is 4. The standard InChI is InChI=1S/C19H23NO.C2H6/c1-16-7-9-18(10-8-16)21-19-11-13-20(14-12-19)15-17-5-3-2-4-6-17;1-2/h2-10,19H,11-15H2,1H3;1-2H3. The highest BCUT2D eigenvalue weighted by atomic mass is 16.5. The van der Waals surface area contributed by atoms with Crippen molar-refractivity contribution in [2.75, 3.05) is 13.1 Å². The summed E-state index contributed by atoms with van der Waals surface area (Å²) in [6.45, 7) is 9.39. The Bertz CT molecular complexity index is 542. The van der Waals surface area contributed by atoms with Gasteiger partial charge in [-0.25, -0.2) is 0 Å². The molecule has 1 saturated heterocycles. The summed E-state index contributed by atoms with van der Waals surface area (Å²) in [5.74, 6) is 1.00. The Balaban J connectivity index is 0.000000924. The predicted molar refractivity (Wildman–Crippen MR) is 97.9 cm³/mol. The van der Waals surface area contributed by atoms with Gasteiger partial charge in [-0.15, -0.1) is 0 Å². The van der Waals surface area contributed by atoms with Crippen molar-refractivity contribution >= 4 is 0 Å². The highest BCUT2D eigenvalue weighted by Crippen LogP contribution is 2.20. The zero-order chi connectivity index (χ0) is 16.5. The molecule has 0 spiro atoms. The van der Waals surface area contributed by atoms with Gasteiger partial charge in [0, 0.05) is 19.6 Å². The highest BCUT2D eigenvalue weighted by molar-refractivity contribution is 5.26. The number of hydrogen-bond acceptors (Lipinski definition) is 2. The highest BCUT2D eigenvalue weighted by Gasteiger charge is 2.20. The van der Waals surface area contributed by atoms with Gasteiger partial charge in [-0.3, -0.25) is 4.90 Å². The van der Waals surface area contributed by atoms with Crippen LogP contribution in [0.1, 0.15) is 37.8 Å². The second-order valence-corrected chi connectivity index (χ2v) is 5.89. The van der Waals surface area contributed by atoms with Gasteiger partial charge in [0.15, 0.2) is 0 Å². The maximum Gasteiger partial charge on any atom is 0.119 e. The lowest BCUT2D eigenvalue weighted by Gasteiger charge is -2.32. The maximum atomic E-state index is 6.08. The van der Waals surface area contributed by atoms with E-state index in [9.17, 15) is 0 Å². The average molecular weight is 311 g/mol. The van der Waals surface area contributed by atoms with Gasteiger partial charge in [0.1, 0.15) is 11.9 Å². The maximum absolute atomic E-state index is 6.08. The molecule has 0 radical (unpaired) electrons. The summed E-state index contributed by atoms with van der Waals surface area (Å²) < 4.78 is 6.08. The topological polar surface area (TPSA) is 12.5 Å². The van der Waals surface area contributed by atoms with E-state index < -0.39 is 0 Å². The normalized spacial score (nSPS) is 15.6. The number of aryl methyl sites for hydroxylation is 1. The summed E-state index contributed by atoms with van der Waals surface area (Å²) >= 11 is 0. The Labute approximate surface area is 141 Å². The number of likely N-dealkylation sites (tertiary alicyclic amines) is 1. The van der Waals surface area contributed by atoms with Crippen molar-refractivity contribution in [3.8, 4) is 5.75 Å². The van der Waals surface area contributed by atoms with Crippen LogP contribution in [0.15, 0.2) is 54.6 Å². The van der Waals surface area contributed by atoms with E-state index in [1.54, 1.807) is 0 Å². The Hall–Kier alpha value is -1.80. The van der Waals surface area contributed by atoms with Gasteiger partial charge in [-0.1, -0.05) is 61.9 Å². The van der Waals surface area contributed by atoms with Crippen molar-refractivity contribution in [3.63, 3.8) is 0 Å². The second-order valence-electron chi connectivity index (χ2n) is 5.89. The first-order chi connectivity index (χ1) is 11.3. The summed E-state index contributed by atoms with van der Waals surface area (Å²) in [5.41, 5.74) is 2.68. The van der Waals surface area contributed by atoms with Gasteiger partial charge in [0.05, 0.1) is 0 Å². The lowest BCUT2D eigenvalue weighted by Crippen LogP contribution is -2.37. The van der Waals surface area contributed by atoms with Crippen LogP contribution in [-0.2, 0) is 6.54 Å². The van der Waals surface area contributed by atoms with Crippen LogP contribution in [0.4, 0.5) is 0 Å². The van der Waals surface area contributed by atoms with E-state index >= 15 is 0 Å². The molecule has 2 aromatic rings. The van der Waals surface area contributed by atoms with Crippen molar-refractivity contribution in [3.05, 3.63) is 65.7 Å². The summed E-state index contributed by atoms with van der Waals surface area (Å²) in [6, 6.07) is 19.1. The van der Waals surface area contributed by atoms with Gasteiger partial charge in [0.2, 0.25) is 0 Å². The molecule has 1 aliphatic heterocycles. The van der Waals surface area contributed by atoms with Gasteiger partial charge in [-0.05, 0) is 37.5 Å². The third kappa shape index (κ3) is 5.72. The van der Waals surface area contributed by atoms with Crippen LogP contribution in [0, 0.1) is 6.92 Å². The molecule has 2 aromatic carbocycles. The van der Waals surface area contributed by atoms with Crippen LogP contribution in [0.2, 0.25) is 0 Å². The van der Waals surface area contributed by atoms with Crippen LogP contribution in [0.3, 0.4) is 0 Å². The Kier molecular flexibility index (Phi) is 7.15. The van der Waals surface area contributed by atoms with Crippen LogP contribution in [0.25, 0.3) is 0 Å². The molecule has 124 valence electrons. The monoisotopic (exact) mass is 311 g/mol. The van der Waals surface area contributed by atoms with Gasteiger partial charge in [-0.2, -0.15) is 0 Å². The number of ether oxygens (including phenoxy) is 1. The zero-order valence-electron chi connectivity index (χ0n) is 14.7. The fourth-order valence-electron chi connectivity index (χ4n) is 2.84. The fraction of sp³-hybridized carbons (Fsp3) is 0.429. The lowest BCUT2D eigenvalue weighted by atomic mass is 10.1. The lowest BCUT2D eigenvalue weighted by molar-refractivity contribution is 0.0968. The molecule has 0 aromatic heterocycles. The molecule has 1 fully saturated rings. The van der Waals surface area contributed by atoms with Crippen molar-refractivity contribution in [1.29, 1.82) is 0 Å². The molecule has 3 rings (SSSR count). The smallest absolute Gasteiger partial charge is 0.119 e. The average Bonchev–Trinajstić information content (AvgIpc) is 2.61. The molecule has 23 heavy (non-hydrogen) atoms. The van der Waals surface area contributed by atoms with Crippen molar-refractivity contribution in [1.82, 2.24) is 4.90 Å². The molecule has 0 bridgehead atoms. The molecule has 2 heteroatoms. The Morgan fingerprint density at radius 2 is 1.52 bits per heavy atom. The van der Waals surface area contributed by atoms with Crippen LogP contribution in [-0.4, -0.2) is 24.1 Å². The second kappa shape index (κ2) is 9.36. The van der Waals surface area contributed by atoms with Crippen molar-refractivity contribution < 1.29 is 4.74 Å². The molecule has 0 aliphatic carbocycles. The van der Waals surface area contributed by atoms with Crippen LogP contribution >= 0.6 is 0 Å². The Morgan fingerprint density at radius 1 is 0.913 bits per heavy atom. The minimum absolute atomic E-state index is 0.361. The van der Waals surface area contributed by atoms with Crippen LogP contribution in [0.5, 0.6) is 5.75 Å². The van der Waals surface area contributed by atoms with E-state index in [-0.39, 0.29) is 0 Å². The van der Waals surface area contributed by atoms with E-state index in [1.807, 2.05) is 13.8 Å². The number of benzene rings is 2. The quantitative estimate of drug-likeness (QED) is 0.782.